The molecule has 24 nitrogen and oxygen atoms in total. The molecule has 56 heteroatoms. The third-order valence-corrected chi connectivity index (χ3v) is 30.9. The molecule has 2 unspecified atom stereocenters. The predicted molar refractivity (Wildman–Crippen MR) is 394 cm³/mol. The maximum absolute atomic E-state index is 13.0. The van der Waals surface area contributed by atoms with Gasteiger partial charge in [-0.05, 0) is 101 Å². The highest BCUT2D eigenvalue weighted by atomic mass is 32.2. The fraction of sp³-hybridized carbons (Fsp3) is 0.867. The molecular formula is C60H120F24O24S4Si4. The number of carbonyl (C=O) groups excluding carboxylic acids is 4. The molecule has 0 amide bonds. The minimum atomic E-state index is -6.35. The van der Waals surface area contributed by atoms with Crippen LogP contribution < -0.4 is 0 Å². The van der Waals surface area contributed by atoms with Gasteiger partial charge in [-0.2, -0.15) is 105 Å². The van der Waals surface area contributed by atoms with Gasteiger partial charge in [0, 0.05) is 83.8 Å². The largest absolute Gasteiger partial charge is 0.748 e. The molecule has 2 atom stereocenters. The Balaban J connectivity index is -0.0000000794. The smallest absolute Gasteiger partial charge is 0.438 e. The Labute approximate surface area is 673 Å². The number of alkyl halides is 24. The van der Waals surface area contributed by atoms with Crippen molar-refractivity contribution in [2.45, 2.75) is 285 Å². The second kappa shape index (κ2) is 55.2. The summed E-state index contributed by atoms with van der Waals surface area (Å²) in [6, 6.07) is 2.54. The highest BCUT2D eigenvalue weighted by Crippen LogP contribution is 2.51. The molecule has 0 aromatic heterocycles. The fourth-order valence-corrected chi connectivity index (χ4v) is 18.5. The number of carbonyl (C=O) groups is 4. The van der Waals surface area contributed by atoms with E-state index in [2.05, 4.69) is 18.9 Å². The van der Waals surface area contributed by atoms with Crippen molar-refractivity contribution in [1.29, 1.82) is 0 Å². The van der Waals surface area contributed by atoms with E-state index in [1.54, 1.807) is 33.1 Å². The maximum Gasteiger partial charge on any atom is 0.438 e. The first-order chi connectivity index (χ1) is 45.6. The molecule has 0 aliphatic carbocycles. The number of hydrogen-bond donors (Lipinski definition) is 0. The molecule has 0 fully saturated rings. The Hall–Kier alpha value is -3.97. The summed E-state index contributed by atoms with van der Waals surface area (Å²) in [4.78, 5) is 46.1. The zero-order valence-electron chi connectivity index (χ0n) is 60.6. The highest BCUT2D eigenvalue weighted by Gasteiger charge is 2.78. The molecule has 0 radical (unpaired) electrons. The normalized spacial score (nSPS) is 13.7. The number of unbranched alkanes of at least 4 members (excludes halogenated alkanes) is 1. The van der Waals surface area contributed by atoms with Crippen LogP contribution in [0.5, 0.6) is 0 Å². The minimum absolute atomic E-state index is 0. The highest BCUT2D eigenvalue weighted by molar-refractivity contribution is 7.86. The van der Waals surface area contributed by atoms with Crippen molar-refractivity contribution in [3.63, 3.8) is 0 Å². The van der Waals surface area contributed by atoms with E-state index in [1.807, 2.05) is 20.0 Å². The Morgan fingerprint density at radius 1 is 0.284 bits per heavy atom. The summed E-state index contributed by atoms with van der Waals surface area (Å²) in [6.07, 6.45) is -53.5. The topological polar surface area (TPSA) is 371 Å². The minimum Gasteiger partial charge on any atom is -0.748 e. The van der Waals surface area contributed by atoms with Gasteiger partial charge in [0.2, 0.25) is 0 Å². The van der Waals surface area contributed by atoms with Crippen LogP contribution in [-0.4, -0.2) is 232 Å². The van der Waals surface area contributed by atoms with E-state index in [0.29, 0.717) is 18.1 Å². The van der Waals surface area contributed by atoms with Crippen molar-refractivity contribution in [2.24, 2.45) is 0 Å². The molecular weight excluding hydrogens is 1800 g/mol. The van der Waals surface area contributed by atoms with Gasteiger partial charge in [-0.25, -0.2) is 33.7 Å². The average Bonchev–Trinajstić information content (AvgIpc) is 0.769. The lowest BCUT2D eigenvalue weighted by atomic mass is 10.1. The SMILES string of the molecule is C.C.C.C.C.C.C.C.CCC[Si](C)(CCCC(=O)OC(CS(=O)(=O)[O-])(C(F)(F)F)C(F)(F)F)OC.CC[Si](C)(CCCC(=O)OC(CS(=O)(=O)[O-])(C(F)(F)F)C(F)(F)F)OC.CO[Si](C)(C)CCCC(=O)OC(CS(=O)(=O)[O-])(C(F)(F)F)C(F)(F)F.CO[Si](C)(C)CCCCC(=O)OC(CS(=O)(=O)[O-])(C(F)(F)F)C(F)(F)F.[CH3+].[CH3+].[CH3+].[CH3+]. The van der Waals surface area contributed by atoms with Gasteiger partial charge < -0.3 is 54.9 Å². The van der Waals surface area contributed by atoms with Crippen molar-refractivity contribution in [2.75, 3.05) is 51.5 Å². The third kappa shape index (κ3) is 51.1. The average molecular weight is 1920 g/mol. The molecule has 0 rings (SSSR count). The summed E-state index contributed by atoms with van der Waals surface area (Å²) in [5.41, 5.74) is -21.6. The van der Waals surface area contributed by atoms with Gasteiger partial charge in [-0.15, -0.1) is 0 Å². The van der Waals surface area contributed by atoms with Crippen molar-refractivity contribution < 1.29 is 213 Å². The zero-order chi connectivity index (χ0) is 84.1. The maximum atomic E-state index is 13.0. The molecule has 0 aliphatic heterocycles. The van der Waals surface area contributed by atoms with Crippen LogP contribution in [0.1, 0.15) is 137 Å². The summed E-state index contributed by atoms with van der Waals surface area (Å²) >= 11 is 0. The standard InChI is InChI=1S/C13H22F6O6SSi.2C12H20F6O6SSi.C11H18F6O6SSi.8CH4.4CH3/c1-4-7-27(3,24-2)8-5-6-10(20)25-11(12(14,15)16,13(17,18)19)9-26(21,22)23;1-23-26(2,3)7-5-4-6-9(19)24-10(11(13,14)15,12(16,17)18)8-25(20,21)22;1-4-26(3,23-2)7-5-6-9(19)24-10(11(13,14)15,12(16,17)18)8-25(20,21)22;1-22-25(2,3)6-4-5-8(18)23-9(10(12,13)14,11(15,16)17)7-24(19,20)21;;;;;;;;;;;;/h4-9H2,1-3H3,(H,21,22,23);2*4-8H2,1-3H3,(H,20,21,22);4-7H2,1-3H3,(H,19,20,21);8*1H4;4*1H3/q;;;;;;;;;;;;4*+1/p-4. The number of esters is 4. The number of ether oxygens (including phenoxy) is 4. The summed E-state index contributed by atoms with van der Waals surface area (Å²) in [7, 11) is -27.1. The van der Waals surface area contributed by atoms with Crippen LogP contribution >= 0.6 is 0 Å². The number of hydrogen-bond acceptors (Lipinski definition) is 24. The van der Waals surface area contributed by atoms with Crippen LogP contribution in [0, 0.1) is 29.7 Å². The molecule has 0 bridgehead atoms. The van der Waals surface area contributed by atoms with Crippen LogP contribution in [0.15, 0.2) is 0 Å². The van der Waals surface area contributed by atoms with Crippen molar-refractivity contribution in [1.82, 2.24) is 0 Å². The molecule has 0 aliphatic rings. The first kappa shape index (κ1) is 150. The van der Waals surface area contributed by atoms with E-state index < -0.39 is 218 Å². The number of halogens is 24. The molecule has 0 saturated carbocycles. The first-order valence-corrected chi connectivity index (χ1v) is 47.1. The molecule has 0 spiro atoms. The summed E-state index contributed by atoms with van der Waals surface area (Å²) in [5, 5.41) is 0. The first-order valence-electron chi connectivity index (χ1n) is 29.0. The van der Waals surface area contributed by atoms with Gasteiger partial charge in [0.05, 0.1) is 63.5 Å². The fourth-order valence-electron chi connectivity index (χ4n) is 8.03. The molecule has 0 saturated heterocycles. The molecule has 0 aromatic carbocycles. The molecule has 0 heterocycles. The predicted octanol–water partition coefficient (Wildman–Crippen LogP) is 18.7. The molecule has 0 aromatic rings. The molecule has 116 heavy (non-hydrogen) atoms. The van der Waals surface area contributed by atoms with Crippen molar-refractivity contribution >= 4 is 97.6 Å². The lowest BCUT2D eigenvalue weighted by Gasteiger charge is -2.37. The second-order valence-electron chi connectivity index (χ2n) is 24.1. The van der Waals surface area contributed by atoms with E-state index in [9.17, 15) is 176 Å². The van der Waals surface area contributed by atoms with E-state index in [4.69, 9.17) is 17.7 Å². The summed E-state index contributed by atoms with van der Waals surface area (Å²) in [5.74, 6) is -19.6. The summed E-state index contributed by atoms with van der Waals surface area (Å²) in [6.45, 7) is 14.3. The van der Waals surface area contributed by atoms with E-state index in [-0.39, 0.29) is 139 Å². The van der Waals surface area contributed by atoms with Crippen LogP contribution in [0.2, 0.25) is 75.5 Å². The lowest BCUT2D eigenvalue weighted by molar-refractivity contribution is -0.361. The van der Waals surface area contributed by atoms with Crippen LogP contribution in [0.25, 0.3) is 0 Å². The van der Waals surface area contributed by atoms with Gasteiger partial charge >= 0.3 is 95.7 Å². The Bertz CT molecular complexity index is 3130. The Kier molecular flexibility index (Phi) is 71.3. The van der Waals surface area contributed by atoms with Crippen LogP contribution in [0.4, 0.5) is 105 Å². The second-order valence-corrected chi connectivity index (χ2v) is 47.4. The third-order valence-electron chi connectivity index (χ3n) is 14.7. The van der Waals surface area contributed by atoms with Crippen LogP contribution in [-0.2, 0) is 96.3 Å². The van der Waals surface area contributed by atoms with E-state index in [1.165, 1.54) is 28.4 Å². The Morgan fingerprint density at radius 3 is 0.612 bits per heavy atom. The zero-order valence-corrected chi connectivity index (χ0v) is 67.9. The van der Waals surface area contributed by atoms with Gasteiger partial charge in [-0.1, -0.05) is 86.1 Å². The molecule has 0 N–H and O–H groups in total. The summed E-state index contributed by atoms with van der Waals surface area (Å²) < 4.78 is 473. The number of rotatable bonds is 36. The lowest BCUT2D eigenvalue weighted by Crippen LogP contribution is -2.63. The van der Waals surface area contributed by atoms with E-state index in [0.717, 1.165) is 6.42 Å². The molecule has 712 valence electrons. The van der Waals surface area contributed by atoms with Crippen molar-refractivity contribution in [3.05, 3.63) is 29.7 Å². The van der Waals surface area contributed by atoms with Gasteiger partial charge in [-0.3, -0.25) is 19.2 Å². The monoisotopic (exact) mass is 1920 g/mol. The van der Waals surface area contributed by atoms with Crippen LogP contribution in [0.3, 0.4) is 0 Å². The van der Waals surface area contributed by atoms with Gasteiger partial charge in [0.15, 0.2) is 33.3 Å². The Morgan fingerprint density at radius 2 is 0.457 bits per heavy atom. The van der Waals surface area contributed by atoms with E-state index >= 15 is 0 Å². The van der Waals surface area contributed by atoms with Gasteiger partial charge in [0.25, 0.3) is 0 Å². The quantitative estimate of drug-likeness (QED) is 0.0107. The van der Waals surface area contributed by atoms with Gasteiger partial charge in [0.1, 0.15) is 0 Å². The van der Waals surface area contributed by atoms with Crippen molar-refractivity contribution in [3.8, 4) is 0 Å².